The first-order chi connectivity index (χ1) is 6.74. The van der Waals surface area contributed by atoms with Crippen molar-refractivity contribution in [2.24, 2.45) is 0 Å². The molecule has 0 aromatic carbocycles. The molecule has 0 unspecified atom stereocenters. The molecule has 0 aliphatic rings. The molecule has 0 amide bonds. The number of carbonyl (C=O) groups excluding carboxylic acids is 1. The van der Waals surface area contributed by atoms with Gasteiger partial charge in [-0.25, -0.2) is 9.78 Å². The fraction of sp³-hybridized carbons (Fsp3) is 0.200. The summed E-state index contributed by atoms with van der Waals surface area (Å²) in [6.45, 7) is 1.85. The Hall–Kier alpha value is -1.84. The van der Waals surface area contributed by atoms with Gasteiger partial charge in [0.15, 0.2) is 5.69 Å². The Morgan fingerprint density at radius 2 is 2.29 bits per heavy atom. The summed E-state index contributed by atoms with van der Waals surface area (Å²) in [6, 6.07) is 5.60. The number of aromatic nitrogens is 2. The average molecular weight is 190 g/mol. The number of imidazole rings is 1. The highest BCUT2D eigenvalue weighted by molar-refractivity contribution is 5.95. The van der Waals surface area contributed by atoms with Gasteiger partial charge in [0, 0.05) is 6.20 Å². The molecule has 0 saturated carbocycles. The van der Waals surface area contributed by atoms with E-state index in [0.717, 1.165) is 11.3 Å². The van der Waals surface area contributed by atoms with E-state index in [9.17, 15) is 4.79 Å². The van der Waals surface area contributed by atoms with Crippen LogP contribution in [0.4, 0.5) is 0 Å². The van der Waals surface area contributed by atoms with Crippen LogP contribution < -0.4 is 0 Å². The SMILES string of the molecule is COC(=O)c1nc(C)n2ccccc12. The number of fused-ring (bicyclic) bond motifs is 1. The largest absolute Gasteiger partial charge is 0.464 e. The summed E-state index contributed by atoms with van der Waals surface area (Å²) in [6.07, 6.45) is 1.87. The monoisotopic (exact) mass is 190 g/mol. The zero-order valence-electron chi connectivity index (χ0n) is 8.02. The predicted molar refractivity (Wildman–Crippen MR) is 51.3 cm³/mol. The predicted octanol–water partition coefficient (Wildman–Crippen LogP) is 1.43. The van der Waals surface area contributed by atoms with Crippen LogP contribution in [-0.2, 0) is 4.74 Å². The van der Waals surface area contributed by atoms with Gasteiger partial charge in [0.1, 0.15) is 5.82 Å². The first-order valence-corrected chi connectivity index (χ1v) is 4.26. The van der Waals surface area contributed by atoms with Crippen LogP contribution in [0, 0.1) is 6.92 Å². The number of aryl methyl sites for hydroxylation is 1. The van der Waals surface area contributed by atoms with Crippen LogP contribution in [-0.4, -0.2) is 22.5 Å². The zero-order valence-corrected chi connectivity index (χ0v) is 8.02. The number of esters is 1. The van der Waals surface area contributed by atoms with Gasteiger partial charge in [0.05, 0.1) is 12.6 Å². The summed E-state index contributed by atoms with van der Waals surface area (Å²) in [5, 5.41) is 0. The lowest BCUT2D eigenvalue weighted by molar-refractivity contribution is 0.0597. The molecule has 4 nitrogen and oxygen atoms in total. The highest BCUT2D eigenvalue weighted by Crippen LogP contribution is 2.12. The maximum absolute atomic E-state index is 11.3. The molecular weight excluding hydrogens is 180 g/mol. The van der Waals surface area contributed by atoms with E-state index < -0.39 is 5.97 Å². The Morgan fingerprint density at radius 3 is 3.00 bits per heavy atom. The molecule has 14 heavy (non-hydrogen) atoms. The topological polar surface area (TPSA) is 43.6 Å². The average Bonchev–Trinajstić information content (AvgIpc) is 2.56. The second-order valence-electron chi connectivity index (χ2n) is 2.96. The van der Waals surface area contributed by atoms with Crippen molar-refractivity contribution < 1.29 is 9.53 Å². The number of hydrogen-bond donors (Lipinski definition) is 0. The van der Waals surface area contributed by atoms with Gasteiger partial charge in [0.2, 0.25) is 0 Å². The highest BCUT2D eigenvalue weighted by atomic mass is 16.5. The first kappa shape index (κ1) is 8.74. The number of ether oxygens (including phenoxy) is 1. The molecule has 0 saturated heterocycles. The van der Waals surface area contributed by atoms with E-state index in [1.807, 2.05) is 35.7 Å². The third-order valence-electron chi connectivity index (χ3n) is 2.10. The zero-order chi connectivity index (χ0) is 10.1. The lowest BCUT2D eigenvalue weighted by Crippen LogP contribution is -2.02. The summed E-state index contributed by atoms with van der Waals surface area (Å²) >= 11 is 0. The molecule has 0 spiro atoms. The van der Waals surface area contributed by atoms with Gasteiger partial charge in [-0.15, -0.1) is 0 Å². The number of methoxy groups -OCH3 is 1. The summed E-state index contributed by atoms with van der Waals surface area (Å²) in [7, 11) is 1.35. The van der Waals surface area contributed by atoms with Crippen molar-refractivity contribution in [3.63, 3.8) is 0 Å². The number of nitrogens with zero attached hydrogens (tertiary/aromatic N) is 2. The third-order valence-corrected chi connectivity index (χ3v) is 2.10. The molecule has 72 valence electrons. The molecule has 2 aromatic heterocycles. The molecule has 2 rings (SSSR count). The molecule has 0 bridgehead atoms. The minimum absolute atomic E-state index is 0.366. The summed E-state index contributed by atoms with van der Waals surface area (Å²) in [5.74, 6) is 0.378. The molecular formula is C10H10N2O2. The van der Waals surface area contributed by atoms with Crippen LogP contribution in [0.1, 0.15) is 16.3 Å². The molecule has 0 N–H and O–H groups in total. The van der Waals surface area contributed by atoms with Gasteiger partial charge >= 0.3 is 5.97 Å². The van der Waals surface area contributed by atoms with Crippen molar-refractivity contribution in [3.8, 4) is 0 Å². The Morgan fingerprint density at radius 1 is 1.50 bits per heavy atom. The van der Waals surface area contributed by atoms with Crippen molar-refractivity contribution in [1.29, 1.82) is 0 Å². The van der Waals surface area contributed by atoms with E-state index in [0.29, 0.717) is 5.69 Å². The molecule has 0 atom stereocenters. The van der Waals surface area contributed by atoms with Crippen molar-refractivity contribution >= 4 is 11.5 Å². The quantitative estimate of drug-likeness (QED) is 0.639. The molecule has 0 fully saturated rings. The van der Waals surface area contributed by atoms with E-state index in [2.05, 4.69) is 9.72 Å². The van der Waals surface area contributed by atoms with E-state index >= 15 is 0 Å². The van der Waals surface area contributed by atoms with Crippen LogP contribution in [0.15, 0.2) is 24.4 Å². The van der Waals surface area contributed by atoms with Gasteiger partial charge in [-0.3, -0.25) is 0 Å². The molecule has 2 heterocycles. The fourth-order valence-corrected chi connectivity index (χ4v) is 1.44. The van der Waals surface area contributed by atoms with Crippen molar-refractivity contribution in [2.75, 3.05) is 7.11 Å². The van der Waals surface area contributed by atoms with Gasteiger partial charge < -0.3 is 9.14 Å². The van der Waals surface area contributed by atoms with Crippen molar-refractivity contribution in [1.82, 2.24) is 9.38 Å². The summed E-state index contributed by atoms with van der Waals surface area (Å²) in [5.41, 5.74) is 1.14. The molecule has 2 aromatic rings. The van der Waals surface area contributed by atoms with Gasteiger partial charge in [-0.1, -0.05) is 6.07 Å². The maximum atomic E-state index is 11.3. The van der Waals surface area contributed by atoms with Crippen molar-refractivity contribution in [2.45, 2.75) is 6.92 Å². The van der Waals surface area contributed by atoms with Gasteiger partial charge in [-0.05, 0) is 19.1 Å². The van der Waals surface area contributed by atoms with Crippen LogP contribution in [0.2, 0.25) is 0 Å². The number of rotatable bonds is 1. The van der Waals surface area contributed by atoms with E-state index in [-0.39, 0.29) is 0 Å². The Labute approximate surface area is 81.1 Å². The van der Waals surface area contributed by atoms with Crippen LogP contribution in [0.25, 0.3) is 5.52 Å². The Kier molecular flexibility index (Phi) is 1.96. The molecule has 0 aliphatic heterocycles. The smallest absolute Gasteiger partial charge is 0.358 e. The van der Waals surface area contributed by atoms with Crippen LogP contribution in [0.5, 0.6) is 0 Å². The maximum Gasteiger partial charge on any atom is 0.358 e. The van der Waals surface area contributed by atoms with Gasteiger partial charge in [-0.2, -0.15) is 0 Å². The Bertz CT molecular complexity index is 488. The molecule has 4 heteroatoms. The number of carbonyl (C=O) groups is 1. The Balaban J connectivity index is 2.72. The molecule has 0 radical (unpaired) electrons. The fourth-order valence-electron chi connectivity index (χ4n) is 1.44. The summed E-state index contributed by atoms with van der Waals surface area (Å²) < 4.78 is 6.50. The number of pyridine rings is 1. The third kappa shape index (κ3) is 1.16. The minimum atomic E-state index is -0.401. The van der Waals surface area contributed by atoms with E-state index in [1.54, 1.807) is 0 Å². The summed E-state index contributed by atoms with van der Waals surface area (Å²) in [4.78, 5) is 15.5. The van der Waals surface area contributed by atoms with E-state index in [4.69, 9.17) is 0 Å². The van der Waals surface area contributed by atoms with E-state index in [1.165, 1.54) is 7.11 Å². The van der Waals surface area contributed by atoms with Crippen molar-refractivity contribution in [3.05, 3.63) is 35.9 Å². The molecule has 0 aliphatic carbocycles. The van der Waals surface area contributed by atoms with Gasteiger partial charge in [0.25, 0.3) is 0 Å². The standard InChI is InChI=1S/C10H10N2O2/c1-7-11-9(10(13)14-2)8-5-3-4-6-12(7)8/h3-6H,1-2H3. The van der Waals surface area contributed by atoms with Crippen LogP contribution in [0.3, 0.4) is 0 Å². The number of hydrogen-bond acceptors (Lipinski definition) is 3. The lowest BCUT2D eigenvalue weighted by atomic mass is 10.3. The second kappa shape index (κ2) is 3.14. The first-order valence-electron chi connectivity index (χ1n) is 4.26. The van der Waals surface area contributed by atoms with Crippen LogP contribution >= 0.6 is 0 Å². The lowest BCUT2D eigenvalue weighted by Gasteiger charge is -1.95. The highest BCUT2D eigenvalue weighted by Gasteiger charge is 2.14. The minimum Gasteiger partial charge on any atom is -0.464 e. The normalized spacial score (nSPS) is 10.4. The second-order valence-corrected chi connectivity index (χ2v) is 2.96.